The van der Waals surface area contributed by atoms with Crippen LogP contribution in [0.15, 0.2) is 24.3 Å². The van der Waals surface area contributed by atoms with E-state index in [0.29, 0.717) is 29.8 Å². The second-order valence-corrected chi connectivity index (χ2v) is 10.4. The van der Waals surface area contributed by atoms with Gasteiger partial charge in [0.05, 0.1) is 0 Å². The summed E-state index contributed by atoms with van der Waals surface area (Å²) in [4.78, 5) is 75.7. The van der Waals surface area contributed by atoms with E-state index in [4.69, 9.17) is 40.0 Å². The molecule has 1 aliphatic heterocycles. The normalized spacial score (nSPS) is 27.3. The third-order valence-electron chi connectivity index (χ3n) is 6.97. The maximum Gasteiger partial charge on any atom is 0.410 e. The molecule has 2 aliphatic rings. The third kappa shape index (κ3) is 7.37. The highest BCUT2D eigenvalue weighted by Crippen LogP contribution is 2.42. The first-order valence-corrected chi connectivity index (χ1v) is 13.7. The van der Waals surface area contributed by atoms with Crippen LogP contribution in [-0.2, 0) is 57.9 Å². The first-order valence-electron chi connectivity index (χ1n) is 13.3. The lowest BCUT2D eigenvalue weighted by Crippen LogP contribution is -2.63. The zero-order valence-electron chi connectivity index (χ0n) is 24.0. The number of esters is 4. The van der Waals surface area contributed by atoms with Gasteiger partial charge in [-0.2, -0.15) is 0 Å². The highest BCUT2D eigenvalue weighted by molar-refractivity contribution is 6.31. The Balaban J connectivity index is 1.93. The summed E-state index contributed by atoms with van der Waals surface area (Å²) in [7, 11) is 1.42. The SMILES string of the molecule is CC(=O)O[C@@H]1O[C@H](COC(=O)N(C)[C@]2(c3ccccc3Cl)CCCCC2=O)[C@@H](OC(C)=O)[C@H](OC(C)=O)[C@H]1OC(C)=O. The van der Waals surface area contributed by atoms with Gasteiger partial charge in [0.15, 0.2) is 18.0 Å². The van der Waals surface area contributed by atoms with Crippen LogP contribution in [0.2, 0.25) is 5.02 Å². The van der Waals surface area contributed by atoms with Crippen LogP contribution in [0.1, 0.15) is 58.9 Å². The number of likely N-dealkylation sites (N-methyl/N-ethyl adjacent to an activating group) is 1. The summed E-state index contributed by atoms with van der Waals surface area (Å²) in [5.74, 6) is -3.49. The molecule has 230 valence electrons. The van der Waals surface area contributed by atoms with Crippen molar-refractivity contribution in [2.45, 2.75) is 89.6 Å². The number of Topliss-reactive ketones (excluding diaryl/α,β-unsaturated/α-hetero) is 1. The molecule has 1 saturated carbocycles. The molecule has 0 spiro atoms. The van der Waals surface area contributed by atoms with E-state index >= 15 is 0 Å². The summed E-state index contributed by atoms with van der Waals surface area (Å²) in [5.41, 5.74) is -0.936. The Hall–Kier alpha value is -3.71. The molecule has 6 atom stereocenters. The minimum absolute atomic E-state index is 0.206. The number of ether oxygens (including phenoxy) is 6. The maximum absolute atomic E-state index is 13.5. The van der Waals surface area contributed by atoms with Gasteiger partial charge in [-0.1, -0.05) is 29.8 Å². The molecular weight excluding hydrogens is 578 g/mol. The first-order chi connectivity index (χ1) is 19.8. The number of hydrogen-bond acceptors (Lipinski definition) is 12. The van der Waals surface area contributed by atoms with Gasteiger partial charge in [0.2, 0.25) is 12.4 Å². The quantitative estimate of drug-likeness (QED) is 0.313. The van der Waals surface area contributed by atoms with E-state index < -0.39 is 72.8 Å². The molecule has 1 aromatic carbocycles. The third-order valence-corrected chi connectivity index (χ3v) is 7.30. The maximum atomic E-state index is 13.5. The molecule has 14 heteroatoms. The van der Waals surface area contributed by atoms with Crippen LogP contribution in [-0.4, -0.2) is 85.0 Å². The van der Waals surface area contributed by atoms with Crippen molar-refractivity contribution in [3.63, 3.8) is 0 Å². The second-order valence-electron chi connectivity index (χ2n) is 9.98. The molecule has 1 saturated heterocycles. The lowest BCUT2D eigenvalue weighted by molar-refractivity contribution is -0.299. The largest absolute Gasteiger partial charge is 0.455 e. The fourth-order valence-electron chi connectivity index (χ4n) is 5.28. The highest BCUT2D eigenvalue weighted by Gasteiger charge is 2.54. The Morgan fingerprint density at radius 1 is 0.881 bits per heavy atom. The smallest absolute Gasteiger partial charge is 0.410 e. The number of nitrogens with zero attached hydrogens (tertiary/aromatic N) is 1. The predicted octanol–water partition coefficient (Wildman–Crippen LogP) is 2.83. The number of hydrogen-bond donors (Lipinski definition) is 0. The summed E-state index contributed by atoms with van der Waals surface area (Å²) in [6.45, 7) is 3.71. The van der Waals surface area contributed by atoms with Crippen molar-refractivity contribution < 1.29 is 57.2 Å². The topological polar surface area (TPSA) is 161 Å². The van der Waals surface area contributed by atoms with Gasteiger partial charge in [-0.3, -0.25) is 28.9 Å². The van der Waals surface area contributed by atoms with Crippen molar-refractivity contribution in [2.75, 3.05) is 13.7 Å². The van der Waals surface area contributed by atoms with Crippen molar-refractivity contribution >= 4 is 47.4 Å². The zero-order chi connectivity index (χ0) is 31.2. The van der Waals surface area contributed by atoms with Gasteiger partial charge in [-0.15, -0.1) is 0 Å². The number of amides is 1. The van der Waals surface area contributed by atoms with E-state index in [-0.39, 0.29) is 12.2 Å². The Kier molecular flexibility index (Phi) is 10.9. The Labute approximate surface area is 247 Å². The number of carbonyl (C=O) groups is 6. The van der Waals surface area contributed by atoms with Gasteiger partial charge in [0.25, 0.3) is 0 Å². The van der Waals surface area contributed by atoms with Crippen LogP contribution >= 0.6 is 11.6 Å². The molecule has 3 rings (SSSR count). The molecular formula is C28H34ClNO12. The summed E-state index contributed by atoms with van der Waals surface area (Å²) >= 11 is 6.47. The summed E-state index contributed by atoms with van der Waals surface area (Å²) in [6, 6.07) is 6.73. The van der Waals surface area contributed by atoms with Gasteiger partial charge in [0, 0.05) is 51.7 Å². The fourth-order valence-corrected chi connectivity index (χ4v) is 5.58. The molecule has 1 aromatic rings. The van der Waals surface area contributed by atoms with Crippen molar-refractivity contribution in [1.29, 1.82) is 0 Å². The Bertz CT molecular complexity index is 1220. The number of rotatable bonds is 8. The minimum Gasteiger partial charge on any atom is -0.455 e. The standard InChI is InChI=1S/C28H34ClNO12/c1-15(31)38-23-21(42-26(41-18(4)34)25(40-17(3)33)24(23)39-16(2)32)14-37-27(36)30(5)28(13-9-8-12-22(28)35)19-10-6-7-11-20(19)29/h6-7,10-11,21,23-26H,8-9,12-14H2,1-5H3/t21-,23-,24+,25-,26-,28+/m1/s1. The molecule has 0 aromatic heterocycles. The number of ketones is 1. The molecule has 1 heterocycles. The van der Waals surface area contributed by atoms with Crippen LogP contribution in [0.3, 0.4) is 0 Å². The average Bonchev–Trinajstić information content (AvgIpc) is 2.90. The molecule has 1 aliphatic carbocycles. The lowest BCUT2D eigenvalue weighted by Gasteiger charge is -2.44. The molecule has 13 nitrogen and oxygen atoms in total. The van der Waals surface area contributed by atoms with Gasteiger partial charge in [-0.25, -0.2) is 4.79 Å². The van der Waals surface area contributed by atoms with Crippen molar-refractivity contribution in [2.24, 2.45) is 0 Å². The summed E-state index contributed by atoms with van der Waals surface area (Å²) in [5, 5.41) is 0.308. The number of carbonyl (C=O) groups excluding carboxylic acids is 6. The van der Waals surface area contributed by atoms with Crippen LogP contribution in [0.4, 0.5) is 4.79 Å². The average molecular weight is 612 g/mol. The van der Waals surface area contributed by atoms with Gasteiger partial charge in [-0.05, 0) is 25.3 Å². The van der Waals surface area contributed by atoms with Gasteiger partial charge < -0.3 is 28.4 Å². The first kappa shape index (κ1) is 32.8. The van der Waals surface area contributed by atoms with E-state index in [1.807, 2.05) is 0 Å². The fraction of sp³-hybridized carbons (Fsp3) is 0.571. The second kappa shape index (κ2) is 14.0. The highest BCUT2D eigenvalue weighted by atomic mass is 35.5. The zero-order valence-corrected chi connectivity index (χ0v) is 24.7. The molecule has 0 radical (unpaired) electrons. The van der Waals surface area contributed by atoms with Gasteiger partial charge >= 0.3 is 30.0 Å². The molecule has 2 fully saturated rings. The van der Waals surface area contributed by atoms with E-state index in [9.17, 15) is 28.8 Å². The Morgan fingerprint density at radius 3 is 2.02 bits per heavy atom. The lowest BCUT2D eigenvalue weighted by atomic mass is 9.74. The molecule has 0 unspecified atom stereocenters. The monoisotopic (exact) mass is 611 g/mol. The summed E-state index contributed by atoms with van der Waals surface area (Å²) in [6.07, 6.45) is -6.50. The van der Waals surface area contributed by atoms with Crippen LogP contribution < -0.4 is 0 Å². The van der Waals surface area contributed by atoms with Crippen molar-refractivity contribution in [1.82, 2.24) is 4.90 Å². The molecule has 0 N–H and O–H groups in total. The summed E-state index contributed by atoms with van der Waals surface area (Å²) < 4.78 is 32.4. The van der Waals surface area contributed by atoms with Crippen molar-refractivity contribution in [3.8, 4) is 0 Å². The molecule has 0 bridgehead atoms. The Morgan fingerprint density at radius 2 is 1.45 bits per heavy atom. The van der Waals surface area contributed by atoms with E-state index in [2.05, 4.69) is 0 Å². The van der Waals surface area contributed by atoms with Crippen LogP contribution in [0, 0.1) is 0 Å². The van der Waals surface area contributed by atoms with Crippen LogP contribution in [0.25, 0.3) is 0 Å². The van der Waals surface area contributed by atoms with E-state index in [1.54, 1.807) is 24.3 Å². The molecule has 42 heavy (non-hydrogen) atoms. The molecule has 1 amide bonds. The number of halogens is 1. The van der Waals surface area contributed by atoms with Gasteiger partial charge in [0.1, 0.15) is 18.2 Å². The number of benzene rings is 1. The predicted molar refractivity (Wildman–Crippen MR) is 143 cm³/mol. The van der Waals surface area contributed by atoms with E-state index in [0.717, 1.165) is 27.7 Å². The van der Waals surface area contributed by atoms with Crippen LogP contribution in [0.5, 0.6) is 0 Å². The minimum atomic E-state index is -1.61. The van der Waals surface area contributed by atoms with E-state index in [1.165, 1.54) is 11.9 Å². The van der Waals surface area contributed by atoms with Crippen molar-refractivity contribution in [3.05, 3.63) is 34.9 Å².